The highest BCUT2D eigenvalue weighted by Crippen LogP contribution is 2.39. The Labute approximate surface area is 210 Å². The Balaban J connectivity index is 1.47. The van der Waals surface area contributed by atoms with E-state index in [0.717, 1.165) is 35.1 Å². The molecule has 0 radical (unpaired) electrons. The monoisotopic (exact) mass is 491 g/mol. The molecule has 1 amide bonds. The minimum Gasteiger partial charge on any atom is -0.371 e. The van der Waals surface area contributed by atoms with Crippen LogP contribution in [0.25, 0.3) is 5.69 Å². The summed E-state index contributed by atoms with van der Waals surface area (Å²) in [7, 11) is 2.00. The van der Waals surface area contributed by atoms with E-state index in [2.05, 4.69) is 39.7 Å². The molecule has 2 N–H and O–H groups in total. The molecule has 1 saturated carbocycles. The number of nitrogens with zero attached hydrogens (tertiary/aromatic N) is 5. The lowest BCUT2D eigenvalue weighted by Gasteiger charge is -2.25. The second-order valence-electron chi connectivity index (χ2n) is 9.57. The van der Waals surface area contributed by atoms with Crippen molar-refractivity contribution in [3.05, 3.63) is 58.9 Å². The zero-order chi connectivity index (χ0) is 24.5. The summed E-state index contributed by atoms with van der Waals surface area (Å²) in [4.78, 5) is 19.7. The van der Waals surface area contributed by atoms with Gasteiger partial charge in [0.05, 0.1) is 51.8 Å². The third-order valence-corrected chi connectivity index (χ3v) is 6.86. The summed E-state index contributed by atoms with van der Waals surface area (Å²) in [5, 5.41) is 15.5. The van der Waals surface area contributed by atoms with E-state index in [1.54, 1.807) is 12.3 Å². The molecular formula is C26H30ClN7O. The predicted molar refractivity (Wildman–Crippen MR) is 140 cm³/mol. The van der Waals surface area contributed by atoms with E-state index >= 15 is 0 Å². The first-order valence-corrected chi connectivity index (χ1v) is 12.4. The predicted octanol–water partition coefficient (Wildman–Crippen LogP) is 4.73. The van der Waals surface area contributed by atoms with Crippen LogP contribution in [-0.4, -0.2) is 46.2 Å². The lowest BCUT2D eigenvalue weighted by atomic mass is 10.1. The molecule has 8 nitrogen and oxygen atoms in total. The fourth-order valence-electron chi connectivity index (χ4n) is 4.13. The lowest BCUT2D eigenvalue weighted by Crippen LogP contribution is -2.25. The highest BCUT2D eigenvalue weighted by atomic mass is 35.5. The second kappa shape index (κ2) is 9.79. The quantitative estimate of drug-likeness (QED) is 0.475. The number of carbonyl (C=O) groups excluding carboxylic acids is 1. The molecule has 0 saturated heterocycles. The summed E-state index contributed by atoms with van der Waals surface area (Å²) in [6.07, 6.45) is 4.58. The Morgan fingerprint density at radius 1 is 1.26 bits per heavy atom. The Morgan fingerprint density at radius 3 is 2.86 bits per heavy atom. The van der Waals surface area contributed by atoms with Crippen LogP contribution in [0.4, 0.5) is 17.1 Å². The maximum Gasteiger partial charge on any atom is 0.230 e. The molecule has 1 aromatic heterocycles. The minimum atomic E-state index is -0.125. The van der Waals surface area contributed by atoms with Crippen LogP contribution in [0.5, 0.6) is 0 Å². The summed E-state index contributed by atoms with van der Waals surface area (Å²) in [5.74, 6) is 0.681. The molecule has 0 bridgehead atoms. The number of rotatable bonds is 8. The van der Waals surface area contributed by atoms with Crippen LogP contribution in [0.2, 0.25) is 5.02 Å². The number of hydrogen-bond acceptors (Lipinski definition) is 6. The van der Waals surface area contributed by atoms with Crippen molar-refractivity contribution >= 4 is 40.3 Å². The van der Waals surface area contributed by atoms with E-state index in [4.69, 9.17) is 16.6 Å². The van der Waals surface area contributed by atoms with Crippen LogP contribution >= 0.6 is 11.6 Å². The van der Waals surface area contributed by atoms with Crippen molar-refractivity contribution in [1.82, 2.24) is 20.3 Å². The fourth-order valence-corrected chi connectivity index (χ4v) is 4.42. The molecule has 2 heterocycles. The topological polar surface area (TPSA) is 87.4 Å². The number of hydrogen-bond donors (Lipinski definition) is 2. The van der Waals surface area contributed by atoms with Crippen molar-refractivity contribution in [3.63, 3.8) is 0 Å². The van der Waals surface area contributed by atoms with Crippen LogP contribution in [0.1, 0.15) is 44.4 Å². The van der Waals surface area contributed by atoms with Gasteiger partial charge in [0.1, 0.15) is 0 Å². The Kier molecular flexibility index (Phi) is 6.58. The molecule has 1 fully saturated rings. The highest BCUT2D eigenvalue weighted by molar-refractivity contribution is 6.34. The summed E-state index contributed by atoms with van der Waals surface area (Å²) < 4.78 is 1.84. The van der Waals surface area contributed by atoms with E-state index in [1.165, 1.54) is 12.8 Å². The van der Waals surface area contributed by atoms with Gasteiger partial charge in [-0.3, -0.25) is 9.79 Å². The molecular weight excluding hydrogens is 462 g/mol. The highest BCUT2D eigenvalue weighted by Gasteiger charge is 2.22. The standard InChI is InChI=1S/C26H30ClN7O/c1-16(2)33(3)25-11-24-23(10-21(25)27)31-26(35)12-22(30-24)18-5-4-6-19(9-18)34-20(15-29-32-34)14-28-13-17-7-8-17/h4-6,9-11,15-17,28H,7-8,12-14H2,1-3H3,(H,31,35). The van der Waals surface area contributed by atoms with Gasteiger partial charge in [0.2, 0.25) is 5.91 Å². The van der Waals surface area contributed by atoms with Crippen molar-refractivity contribution in [1.29, 1.82) is 0 Å². The van der Waals surface area contributed by atoms with E-state index in [1.807, 2.05) is 42.1 Å². The maximum absolute atomic E-state index is 12.7. The van der Waals surface area contributed by atoms with Gasteiger partial charge in [-0.1, -0.05) is 28.9 Å². The van der Waals surface area contributed by atoms with Gasteiger partial charge in [0, 0.05) is 19.6 Å². The molecule has 0 unspecified atom stereocenters. The van der Waals surface area contributed by atoms with Gasteiger partial charge < -0.3 is 15.5 Å². The first kappa shape index (κ1) is 23.5. The molecule has 9 heteroatoms. The van der Waals surface area contributed by atoms with Gasteiger partial charge >= 0.3 is 0 Å². The average Bonchev–Trinajstić information content (AvgIpc) is 3.57. The first-order chi connectivity index (χ1) is 16.9. The third-order valence-electron chi connectivity index (χ3n) is 6.56. The average molecular weight is 492 g/mol. The second-order valence-corrected chi connectivity index (χ2v) is 9.98. The van der Waals surface area contributed by atoms with Crippen molar-refractivity contribution in [2.75, 3.05) is 23.8 Å². The first-order valence-electron chi connectivity index (χ1n) is 12.0. The zero-order valence-electron chi connectivity index (χ0n) is 20.3. The van der Waals surface area contributed by atoms with Crippen molar-refractivity contribution in [2.45, 2.75) is 45.7 Å². The molecule has 2 aromatic carbocycles. The number of carbonyl (C=O) groups is 1. The Bertz CT molecular complexity index is 1280. The van der Waals surface area contributed by atoms with Gasteiger partial charge in [-0.2, -0.15) is 0 Å². The minimum absolute atomic E-state index is 0.125. The maximum atomic E-state index is 12.7. The van der Waals surface area contributed by atoms with Crippen LogP contribution in [-0.2, 0) is 11.3 Å². The normalized spacial score (nSPS) is 15.5. The molecule has 182 valence electrons. The molecule has 5 rings (SSSR count). The van der Waals surface area contributed by atoms with Gasteiger partial charge in [-0.15, -0.1) is 5.10 Å². The van der Waals surface area contributed by atoms with E-state index < -0.39 is 0 Å². The van der Waals surface area contributed by atoms with Gasteiger partial charge in [-0.25, -0.2) is 4.68 Å². The molecule has 0 spiro atoms. The number of anilines is 2. The summed E-state index contributed by atoms with van der Waals surface area (Å²) in [5.41, 5.74) is 5.61. The Hall–Kier alpha value is -3.23. The largest absolute Gasteiger partial charge is 0.371 e. The van der Waals surface area contributed by atoms with E-state index in [-0.39, 0.29) is 18.4 Å². The smallest absolute Gasteiger partial charge is 0.230 e. The summed E-state index contributed by atoms with van der Waals surface area (Å²) >= 11 is 6.54. The third kappa shape index (κ3) is 5.23. The molecule has 3 aromatic rings. The molecule has 2 aliphatic rings. The van der Waals surface area contributed by atoms with Crippen LogP contribution in [0, 0.1) is 5.92 Å². The van der Waals surface area contributed by atoms with Gasteiger partial charge in [0.25, 0.3) is 0 Å². The molecule has 35 heavy (non-hydrogen) atoms. The van der Waals surface area contributed by atoms with Gasteiger partial charge in [0.15, 0.2) is 0 Å². The summed E-state index contributed by atoms with van der Waals surface area (Å²) in [6.45, 7) is 5.93. The van der Waals surface area contributed by atoms with Crippen LogP contribution in [0.3, 0.4) is 0 Å². The molecule has 1 aliphatic carbocycles. The number of aliphatic imine (C=N–C) groups is 1. The van der Waals surface area contributed by atoms with Crippen molar-refractivity contribution in [2.24, 2.45) is 10.9 Å². The SMILES string of the molecule is CC(C)N(C)c1cc2c(cc1Cl)NC(=O)CC(c1cccc(-n3nncc3CNCC3CC3)c1)=N2. The van der Waals surface area contributed by atoms with Crippen molar-refractivity contribution < 1.29 is 4.79 Å². The lowest BCUT2D eigenvalue weighted by molar-refractivity contribution is -0.115. The molecule has 0 atom stereocenters. The fraction of sp³-hybridized carbons (Fsp3) is 0.385. The van der Waals surface area contributed by atoms with E-state index in [0.29, 0.717) is 28.7 Å². The number of halogens is 1. The summed E-state index contributed by atoms with van der Waals surface area (Å²) in [6, 6.07) is 11.9. The van der Waals surface area contributed by atoms with Crippen molar-refractivity contribution in [3.8, 4) is 5.69 Å². The number of fused-ring (bicyclic) bond motifs is 1. The number of amides is 1. The molecule has 1 aliphatic heterocycles. The number of aromatic nitrogens is 3. The van der Waals surface area contributed by atoms with Crippen LogP contribution in [0.15, 0.2) is 47.6 Å². The number of nitrogens with one attached hydrogen (secondary N) is 2. The number of benzene rings is 2. The van der Waals surface area contributed by atoms with Crippen LogP contribution < -0.4 is 15.5 Å². The Morgan fingerprint density at radius 2 is 2.09 bits per heavy atom. The zero-order valence-corrected chi connectivity index (χ0v) is 21.0. The van der Waals surface area contributed by atoms with Gasteiger partial charge in [-0.05, 0) is 69.0 Å². The van der Waals surface area contributed by atoms with E-state index in [9.17, 15) is 4.79 Å².